The second-order valence-electron chi connectivity index (χ2n) is 8.55. The zero-order chi connectivity index (χ0) is 30.6. The van der Waals surface area contributed by atoms with Crippen LogP contribution in [0.4, 0.5) is 5.69 Å². The third kappa shape index (κ3) is 7.72. The molecule has 41 heavy (non-hydrogen) atoms. The van der Waals surface area contributed by atoms with Gasteiger partial charge in [-0.3, -0.25) is 18.9 Å². The normalized spacial score (nSPS) is 20.9. The van der Waals surface area contributed by atoms with Crippen molar-refractivity contribution in [3.05, 3.63) is 72.0 Å². The fourth-order valence-electron chi connectivity index (χ4n) is 3.60. The molecule has 18 heteroatoms. The molecule has 0 bridgehead atoms. The number of nitrogens with one attached hydrogen (secondary N) is 1. The molecule has 0 aromatic heterocycles. The van der Waals surface area contributed by atoms with Gasteiger partial charge in [0, 0.05) is 18.3 Å². The second-order valence-corrected chi connectivity index (χ2v) is 11.5. The van der Waals surface area contributed by atoms with Crippen molar-refractivity contribution in [1.29, 1.82) is 0 Å². The molecule has 1 aromatic carbocycles. The van der Waals surface area contributed by atoms with Gasteiger partial charge >= 0.3 is 11.9 Å². The van der Waals surface area contributed by atoms with E-state index in [0.717, 1.165) is 28.2 Å². The highest BCUT2D eigenvalue weighted by Crippen LogP contribution is 2.28. The summed E-state index contributed by atoms with van der Waals surface area (Å²) in [5.74, 6) is -4.41. The zero-order valence-electron chi connectivity index (χ0n) is 20.9. The van der Waals surface area contributed by atoms with Crippen molar-refractivity contribution in [3.63, 3.8) is 0 Å². The summed E-state index contributed by atoms with van der Waals surface area (Å²) in [6, 6.07) is 4.66. The van der Waals surface area contributed by atoms with Crippen LogP contribution in [-0.4, -0.2) is 87.8 Å². The number of aliphatic carboxylic acids is 2. The molecule has 16 nitrogen and oxygen atoms in total. The SMILES string of the molecule is O=C(O)C1=NN(CCCCS(=O)(=O)O)C(=O)/C1=C/C=C/C=C/C1=CN(c2ccc(S(=O)(=O)O)cc2)NC1(O)C(=O)O. The van der Waals surface area contributed by atoms with Crippen LogP contribution >= 0.6 is 0 Å². The zero-order valence-corrected chi connectivity index (χ0v) is 22.5. The van der Waals surface area contributed by atoms with Crippen molar-refractivity contribution in [3.8, 4) is 0 Å². The Labute approximate surface area is 233 Å². The van der Waals surface area contributed by atoms with Gasteiger partial charge in [-0.2, -0.15) is 27.4 Å². The first-order valence-electron chi connectivity index (χ1n) is 11.5. The summed E-state index contributed by atoms with van der Waals surface area (Å²) in [4.78, 5) is 35.5. The lowest BCUT2D eigenvalue weighted by Crippen LogP contribution is -2.54. The smallest absolute Gasteiger partial charge is 0.358 e. The molecule has 6 N–H and O–H groups in total. The molecule has 0 spiro atoms. The number of hydrogen-bond donors (Lipinski definition) is 6. The molecule has 2 aliphatic heterocycles. The van der Waals surface area contributed by atoms with E-state index in [2.05, 4.69) is 10.5 Å². The lowest BCUT2D eigenvalue weighted by molar-refractivity contribution is -0.156. The van der Waals surface area contributed by atoms with Crippen molar-refractivity contribution in [1.82, 2.24) is 10.4 Å². The van der Waals surface area contributed by atoms with E-state index in [4.69, 9.17) is 9.11 Å². The van der Waals surface area contributed by atoms with E-state index in [1.165, 1.54) is 42.6 Å². The van der Waals surface area contributed by atoms with Crippen LogP contribution in [0.25, 0.3) is 0 Å². The van der Waals surface area contributed by atoms with Gasteiger partial charge in [-0.15, -0.1) is 0 Å². The van der Waals surface area contributed by atoms with Crippen molar-refractivity contribution in [2.24, 2.45) is 5.10 Å². The van der Waals surface area contributed by atoms with Crippen LogP contribution in [0.15, 0.2) is 82.0 Å². The predicted octanol–water partition coefficient (Wildman–Crippen LogP) is -0.0954. The number of carboxylic acids is 2. The molecule has 1 amide bonds. The van der Waals surface area contributed by atoms with E-state index < -0.39 is 60.2 Å². The quantitative estimate of drug-likeness (QED) is 0.0781. The van der Waals surface area contributed by atoms with Crippen molar-refractivity contribution >= 4 is 49.5 Å². The van der Waals surface area contributed by atoms with Crippen molar-refractivity contribution < 1.29 is 55.6 Å². The van der Waals surface area contributed by atoms with Crippen LogP contribution in [0.1, 0.15) is 12.8 Å². The number of carboxylic acid groups (broad SMARTS) is 2. The highest BCUT2D eigenvalue weighted by Gasteiger charge is 2.45. The van der Waals surface area contributed by atoms with E-state index in [9.17, 15) is 46.5 Å². The van der Waals surface area contributed by atoms with Crippen LogP contribution < -0.4 is 10.4 Å². The molecule has 0 saturated carbocycles. The number of benzene rings is 1. The summed E-state index contributed by atoms with van der Waals surface area (Å²) in [5.41, 5.74) is -0.958. The fourth-order valence-corrected chi connectivity index (χ4v) is 4.65. The van der Waals surface area contributed by atoms with Gasteiger partial charge in [0.2, 0.25) is 0 Å². The maximum Gasteiger partial charge on any atom is 0.358 e. The highest BCUT2D eigenvalue weighted by atomic mass is 32.2. The Bertz CT molecular complexity index is 1610. The number of rotatable bonds is 12. The van der Waals surface area contributed by atoms with E-state index in [1.807, 2.05) is 0 Å². The third-order valence-corrected chi connectivity index (χ3v) is 7.29. The van der Waals surface area contributed by atoms with Crippen LogP contribution in [0.2, 0.25) is 0 Å². The molecule has 1 aromatic rings. The number of hydrazone groups is 1. The topological polar surface area (TPSA) is 252 Å². The Kier molecular flexibility index (Phi) is 9.26. The van der Waals surface area contributed by atoms with E-state index in [-0.39, 0.29) is 36.2 Å². The number of aliphatic hydroxyl groups is 1. The number of unbranched alkanes of at least 4 members (excludes halogenated alkanes) is 1. The van der Waals surface area contributed by atoms with Gasteiger partial charge in [0.25, 0.3) is 31.9 Å². The van der Waals surface area contributed by atoms with E-state index in [1.54, 1.807) is 0 Å². The number of amides is 1. The number of anilines is 1. The monoisotopic (exact) mass is 612 g/mol. The molecule has 3 rings (SSSR count). The maximum atomic E-state index is 12.6. The number of carbonyl (C=O) groups excluding carboxylic acids is 1. The minimum absolute atomic E-state index is 0.0188. The fraction of sp³-hybridized carbons (Fsp3) is 0.217. The van der Waals surface area contributed by atoms with Gasteiger partial charge in [0.1, 0.15) is 0 Å². The lowest BCUT2D eigenvalue weighted by atomic mass is 10.1. The van der Waals surface area contributed by atoms with Gasteiger partial charge in [-0.25, -0.2) is 14.6 Å². The summed E-state index contributed by atoms with van der Waals surface area (Å²) in [6.07, 6.45) is 7.64. The number of carbonyl (C=O) groups is 3. The molecule has 2 aliphatic rings. The van der Waals surface area contributed by atoms with Crippen LogP contribution in [-0.2, 0) is 34.6 Å². The molecule has 0 fully saturated rings. The average molecular weight is 613 g/mol. The number of allylic oxidation sites excluding steroid dienone is 4. The second kappa shape index (κ2) is 12.1. The first-order chi connectivity index (χ1) is 19.0. The number of nitrogens with zero attached hydrogens (tertiary/aromatic N) is 3. The molecule has 0 aliphatic carbocycles. The predicted molar refractivity (Wildman–Crippen MR) is 141 cm³/mol. The molecule has 1 unspecified atom stereocenters. The van der Waals surface area contributed by atoms with Gasteiger partial charge in [0.15, 0.2) is 5.71 Å². The Morgan fingerprint density at radius 3 is 2.22 bits per heavy atom. The molecular formula is C23H24N4O12S2. The van der Waals surface area contributed by atoms with E-state index >= 15 is 0 Å². The van der Waals surface area contributed by atoms with Gasteiger partial charge in [0.05, 0.1) is 21.9 Å². The standard InChI is InChI=1S/C23H24N4O12S2/c28-20-18(19(21(29)30)24-26(20)12-4-5-13-40(34,35)36)7-3-1-2-6-15-14-27(25-23(15,33)22(31)32)16-8-10-17(11-9-16)41(37,38)39/h1-3,6-11,14,25,33H,4-5,12-13H2,(H,29,30)(H,31,32)(H,34,35,36)(H,37,38,39)/b3-1+,6-2+,18-7+. The lowest BCUT2D eigenvalue weighted by Gasteiger charge is -2.24. The molecule has 0 saturated heterocycles. The Morgan fingerprint density at radius 1 is 1.00 bits per heavy atom. The molecule has 1 atom stereocenters. The largest absolute Gasteiger partial charge is 0.478 e. The van der Waals surface area contributed by atoms with Gasteiger partial charge in [-0.05, 0) is 43.2 Å². The number of hydrogen-bond acceptors (Lipinski definition) is 11. The Morgan fingerprint density at radius 2 is 1.66 bits per heavy atom. The molecule has 220 valence electrons. The van der Waals surface area contributed by atoms with Crippen molar-refractivity contribution in [2.75, 3.05) is 17.3 Å². The van der Waals surface area contributed by atoms with E-state index in [0.29, 0.717) is 0 Å². The third-order valence-electron chi connectivity index (χ3n) is 5.62. The Hall–Kier alpha value is -4.20. The van der Waals surface area contributed by atoms with Gasteiger partial charge in [-0.1, -0.05) is 24.3 Å². The highest BCUT2D eigenvalue weighted by molar-refractivity contribution is 7.86. The van der Waals surface area contributed by atoms with Crippen LogP contribution in [0.3, 0.4) is 0 Å². The minimum Gasteiger partial charge on any atom is -0.478 e. The molecular weight excluding hydrogens is 588 g/mol. The summed E-state index contributed by atoms with van der Waals surface area (Å²) in [6.45, 7) is -0.0872. The summed E-state index contributed by atoms with van der Waals surface area (Å²) < 4.78 is 61.9. The first kappa shape index (κ1) is 31.3. The molecule has 2 heterocycles. The minimum atomic E-state index is -4.45. The first-order valence-corrected chi connectivity index (χ1v) is 14.5. The molecule has 0 radical (unpaired) electrons. The van der Waals surface area contributed by atoms with Crippen molar-refractivity contribution in [2.45, 2.75) is 23.5 Å². The average Bonchev–Trinajstić information content (AvgIpc) is 3.38. The number of hydrazine groups is 1. The summed E-state index contributed by atoms with van der Waals surface area (Å²) in [7, 11) is -8.63. The Balaban J connectivity index is 1.74. The van der Waals surface area contributed by atoms with Crippen LogP contribution in [0.5, 0.6) is 0 Å². The van der Waals surface area contributed by atoms with Gasteiger partial charge < -0.3 is 15.3 Å². The maximum absolute atomic E-state index is 12.6. The summed E-state index contributed by atoms with van der Waals surface area (Å²) in [5, 5.41) is 35.3. The van der Waals surface area contributed by atoms with Crippen LogP contribution in [0, 0.1) is 0 Å². The summed E-state index contributed by atoms with van der Waals surface area (Å²) >= 11 is 0.